The van der Waals surface area contributed by atoms with Gasteiger partial charge in [-0.15, -0.1) is 0 Å². The normalized spacial score (nSPS) is 15.2. The number of halogens is 2. The van der Waals surface area contributed by atoms with Crippen LogP contribution in [-0.2, 0) is 4.79 Å². The van der Waals surface area contributed by atoms with Crippen molar-refractivity contribution in [2.24, 2.45) is 0 Å². The number of hydrogen-bond acceptors (Lipinski definition) is 4. The van der Waals surface area contributed by atoms with Gasteiger partial charge in [0.05, 0.1) is 18.4 Å². The van der Waals surface area contributed by atoms with Crippen LogP contribution in [0.5, 0.6) is 0 Å². The lowest BCUT2D eigenvalue weighted by Crippen LogP contribution is -2.30. The maximum absolute atomic E-state index is 11.9. The minimum atomic E-state index is -0.0276. The van der Waals surface area contributed by atoms with Crippen LogP contribution in [0.15, 0.2) is 24.7 Å². The van der Waals surface area contributed by atoms with Crippen molar-refractivity contribution in [1.82, 2.24) is 19.4 Å². The summed E-state index contributed by atoms with van der Waals surface area (Å²) >= 11 is 11.8. The molecule has 0 unspecified atom stereocenters. The molecule has 3 rings (SSSR count). The Morgan fingerprint density at radius 2 is 2.00 bits per heavy atom. The van der Waals surface area contributed by atoms with Crippen LogP contribution in [0.1, 0.15) is 12.8 Å². The molecule has 22 heavy (non-hydrogen) atoms. The number of imidazole rings is 1. The van der Waals surface area contributed by atoms with Crippen molar-refractivity contribution in [1.29, 1.82) is 0 Å². The molecule has 0 aliphatic carbocycles. The highest BCUT2D eigenvalue weighted by Gasteiger charge is 2.15. The second-order valence-corrected chi connectivity index (χ2v) is 5.85. The van der Waals surface area contributed by atoms with Gasteiger partial charge in [0.2, 0.25) is 5.91 Å². The van der Waals surface area contributed by atoms with E-state index in [-0.39, 0.29) is 11.1 Å². The molecule has 6 nitrogen and oxygen atoms in total. The maximum Gasteiger partial charge on any atom is 0.238 e. The van der Waals surface area contributed by atoms with E-state index < -0.39 is 0 Å². The van der Waals surface area contributed by atoms with Crippen LogP contribution >= 0.6 is 23.2 Å². The lowest BCUT2D eigenvalue weighted by molar-refractivity contribution is -0.117. The molecule has 1 saturated heterocycles. The van der Waals surface area contributed by atoms with E-state index in [0.717, 1.165) is 25.9 Å². The van der Waals surface area contributed by atoms with Gasteiger partial charge in [-0.25, -0.2) is 9.97 Å². The van der Waals surface area contributed by atoms with Gasteiger partial charge in [-0.1, -0.05) is 23.2 Å². The van der Waals surface area contributed by atoms with E-state index in [0.29, 0.717) is 23.2 Å². The number of likely N-dealkylation sites (tertiary alicyclic amines) is 1. The number of aromatic nitrogens is 3. The lowest BCUT2D eigenvalue weighted by Gasteiger charge is -2.14. The van der Waals surface area contributed by atoms with E-state index in [9.17, 15) is 4.79 Å². The number of nitrogens with zero attached hydrogens (tertiary/aromatic N) is 4. The number of anilines is 1. The number of carbonyl (C=O) groups is 1. The molecule has 0 radical (unpaired) electrons. The van der Waals surface area contributed by atoms with E-state index in [1.165, 1.54) is 6.33 Å². The highest BCUT2D eigenvalue weighted by Crippen LogP contribution is 2.23. The van der Waals surface area contributed by atoms with Crippen molar-refractivity contribution in [2.45, 2.75) is 12.8 Å². The summed E-state index contributed by atoms with van der Waals surface area (Å²) < 4.78 is 1.57. The van der Waals surface area contributed by atoms with Crippen LogP contribution in [0.25, 0.3) is 5.82 Å². The Morgan fingerprint density at radius 1 is 1.23 bits per heavy atom. The summed E-state index contributed by atoms with van der Waals surface area (Å²) in [5, 5.41) is 3.37. The molecule has 2 aromatic rings. The van der Waals surface area contributed by atoms with Gasteiger partial charge in [0.25, 0.3) is 0 Å². The zero-order valence-electron chi connectivity index (χ0n) is 11.8. The molecule has 0 atom stereocenters. The van der Waals surface area contributed by atoms with E-state index in [1.807, 2.05) is 0 Å². The second-order valence-electron chi connectivity index (χ2n) is 5.13. The van der Waals surface area contributed by atoms with Crippen molar-refractivity contribution in [3.05, 3.63) is 35.0 Å². The Hall–Kier alpha value is -1.63. The standard InChI is InChI=1S/C14H15Cl2N5O/c15-13-14(16)21(9-18-13)11-4-3-10(7-17-11)19-12(22)8-20-5-1-2-6-20/h3-4,7,9H,1-2,5-6,8H2,(H,19,22). The fraction of sp³-hybridized carbons (Fsp3) is 0.357. The van der Waals surface area contributed by atoms with E-state index >= 15 is 0 Å². The number of pyridine rings is 1. The van der Waals surface area contributed by atoms with Gasteiger partial charge in [0.1, 0.15) is 12.1 Å². The third kappa shape index (κ3) is 3.40. The predicted molar refractivity (Wildman–Crippen MR) is 85.7 cm³/mol. The fourth-order valence-electron chi connectivity index (χ4n) is 2.42. The molecule has 2 aromatic heterocycles. The molecular formula is C14H15Cl2N5O. The zero-order chi connectivity index (χ0) is 15.5. The SMILES string of the molecule is O=C(CN1CCCC1)Nc1ccc(-n2cnc(Cl)c2Cl)nc1. The van der Waals surface area contributed by atoms with Crippen LogP contribution < -0.4 is 5.32 Å². The van der Waals surface area contributed by atoms with Gasteiger partial charge >= 0.3 is 0 Å². The first-order valence-electron chi connectivity index (χ1n) is 7.00. The summed E-state index contributed by atoms with van der Waals surface area (Å²) in [5.74, 6) is 0.557. The number of nitrogens with one attached hydrogen (secondary N) is 1. The van der Waals surface area contributed by atoms with Crippen molar-refractivity contribution in [2.75, 3.05) is 25.0 Å². The van der Waals surface area contributed by atoms with Crippen molar-refractivity contribution in [3.63, 3.8) is 0 Å². The Balaban J connectivity index is 1.64. The van der Waals surface area contributed by atoms with Gasteiger partial charge < -0.3 is 5.32 Å². The van der Waals surface area contributed by atoms with E-state index in [2.05, 4.69) is 20.2 Å². The molecule has 8 heteroatoms. The Morgan fingerprint density at radius 3 is 2.59 bits per heavy atom. The molecule has 0 saturated carbocycles. The van der Waals surface area contributed by atoms with Gasteiger partial charge in [0, 0.05) is 0 Å². The molecule has 1 N–H and O–H groups in total. The minimum absolute atomic E-state index is 0.0276. The maximum atomic E-state index is 11.9. The third-order valence-corrected chi connectivity index (χ3v) is 4.25. The Bertz CT molecular complexity index is 664. The summed E-state index contributed by atoms with van der Waals surface area (Å²) in [7, 11) is 0. The molecule has 0 bridgehead atoms. The van der Waals surface area contributed by atoms with Crippen molar-refractivity contribution in [3.8, 4) is 5.82 Å². The quantitative estimate of drug-likeness (QED) is 0.929. The summed E-state index contributed by atoms with van der Waals surface area (Å²) in [6, 6.07) is 3.52. The highest BCUT2D eigenvalue weighted by atomic mass is 35.5. The molecule has 1 aliphatic heterocycles. The van der Waals surface area contributed by atoms with Crippen LogP contribution in [-0.4, -0.2) is 45.0 Å². The van der Waals surface area contributed by atoms with Crippen LogP contribution in [0.3, 0.4) is 0 Å². The van der Waals surface area contributed by atoms with E-state index in [4.69, 9.17) is 23.2 Å². The number of hydrogen-bond donors (Lipinski definition) is 1. The van der Waals surface area contributed by atoms with Gasteiger partial charge in [0.15, 0.2) is 10.3 Å². The number of rotatable bonds is 4. The first-order chi connectivity index (χ1) is 10.6. The zero-order valence-corrected chi connectivity index (χ0v) is 13.3. The molecular weight excluding hydrogens is 325 g/mol. The largest absolute Gasteiger partial charge is 0.324 e. The molecule has 0 aromatic carbocycles. The first-order valence-corrected chi connectivity index (χ1v) is 7.76. The Kier molecular flexibility index (Phi) is 4.61. The van der Waals surface area contributed by atoms with Crippen LogP contribution in [0.4, 0.5) is 5.69 Å². The van der Waals surface area contributed by atoms with Gasteiger partial charge in [-0.05, 0) is 38.1 Å². The predicted octanol–water partition coefficient (Wildman–Crippen LogP) is 2.61. The molecule has 1 aliphatic rings. The smallest absolute Gasteiger partial charge is 0.238 e. The summed E-state index contributed by atoms with van der Waals surface area (Å²) in [6.45, 7) is 2.40. The van der Waals surface area contributed by atoms with Gasteiger partial charge in [-0.3, -0.25) is 14.3 Å². The van der Waals surface area contributed by atoms with Crippen LogP contribution in [0.2, 0.25) is 10.3 Å². The fourth-order valence-corrected chi connectivity index (χ4v) is 2.73. The van der Waals surface area contributed by atoms with Gasteiger partial charge in [-0.2, -0.15) is 0 Å². The van der Waals surface area contributed by atoms with Crippen LogP contribution in [0, 0.1) is 0 Å². The number of amides is 1. The van der Waals surface area contributed by atoms with Crippen molar-refractivity contribution >= 4 is 34.8 Å². The third-order valence-electron chi connectivity index (χ3n) is 3.51. The average molecular weight is 340 g/mol. The summed E-state index contributed by atoms with van der Waals surface area (Å²) in [6.07, 6.45) is 5.41. The Labute approximate surface area is 138 Å². The molecule has 1 fully saturated rings. The summed E-state index contributed by atoms with van der Waals surface area (Å²) in [4.78, 5) is 22.3. The average Bonchev–Trinajstić information content (AvgIpc) is 3.12. The van der Waals surface area contributed by atoms with Crippen molar-refractivity contribution < 1.29 is 4.79 Å². The second kappa shape index (κ2) is 6.64. The minimum Gasteiger partial charge on any atom is -0.324 e. The molecule has 0 spiro atoms. The molecule has 116 valence electrons. The first kappa shape index (κ1) is 15.3. The topological polar surface area (TPSA) is 63.1 Å². The number of carbonyl (C=O) groups excluding carboxylic acids is 1. The summed E-state index contributed by atoms with van der Waals surface area (Å²) in [5.41, 5.74) is 0.648. The molecule has 3 heterocycles. The lowest BCUT2D eigenvalue weighted by atomic mass is 10.4. The van der Waals surface area contributed by atoms with E-state index in [1.54, 1.807) is 22.9 Å². The monoisotopic (exact) mass is 339 g/mol. The highest BCUT2D eigenvalue weighted by molar-refractivity contribution is 6.40. The molecule has 1 amide bonds.